The summed E-state index contributed by atoms with van der Waals surface area (Å²) in [4.78, 5) is 0. The van der Waals surface area contributed by atoms with Crippen LogP contribution >= 0.6 is 11.6 Å². The highest BCUT2D eigenvalue weighted by Gasteiger charge is 2.44. The van der Waals surface area contributed by atoms with Crippen LogP contribution in [0.4, 0.5) is 0 Å². The standard InChI is InChI=1S/C13H22ClN3O/c1-3-6-15-13(9-18,11-4-5-11)8-17-7-12(14)10(2)16-17/h7,11,15,18H,3-6,8-9H2,1-2H3. The number of nitrogens with zero attached hydrogens (tertiary/aromatic N) is 2. The SMILES string of the molecule is CCCNC(CO)(Cn1cc(Cl)c(C)n1)C1CC1. The van der Waals surface area contributed by atoms with Crippen molar-refractivity contribution in [2.24, 2.45) is 5.92 Å². The molecule has 1 unspecified atom stereocenters. The first-order valence-corrected chi connectivity index (χ1v) is 7.04. The smallest absolute Gasteiger partial charge is 0.0814 e. The topological polar surface area (TPSA) is 50.1 Å². The molecule has 0 amide bonds. The zero-order valence-electron chi connectivity index (χ0n) is 11.1. The predicted molar refractivity (Wildman–Crippen MR) is 72.8 cm³/mol. The average Bonchev–Trinajstić information content (AvgIpc) is 3.14. The number of aromatic nitrogens is 2. The number of hydrogen-bond donors (Lipinski definition) is 2. The van der Waals surface area contributed by atoms with Gasteiger partial charge in [-0.2, -0.15) is 5.10 Å². The van der Waals surface area contributed by atoms with E-state index in [1.807, 2.05) is 17.8 Å². The van der Waals surface area contributed by atoms with Crippen LogP contribution in [-0.4, -0.2) is 33.6 Å². The fourth-order valence-corrected chi connectivity index (χ4v) is 2.59. The Labute approximate surface area is 113 Å². The lowest BCUT2D eigenvalue weighted by atomic mass is 9.94. The zero-order chi connectivity index (χ0) is 13.2. The molecular formula is C13H22ClN3O. The minimum atomic E-state index is -0.238. The molecule has 0 bridgehead atoms. The Morgan fingerprint density at radius 1 is 1.61 bits per heavy atom. The summed E-state index contributed by atoms with van der Waals surface area (Å²) in [5.41, 5.74) is 0.604. The first-order chi connectivity index (χ1) is 8.61. The summed E-state index contributed by atoms with van der Waals surface area (Å²) in [6, 6.07) is 0. The molecule has 1 aliphatic carbocycles. The van der Waals surface area contributed by atoms with Gasteiger partial charge >= 0.3 is 0 Å². The highest BCUT2D eigenvalue weighted by atomic mass is 35.5. The van der Waals surface area contributed by atoms with E-state index in [1.54, 1.807) is 0 Å². The van der Waals surface area contributed by atoms with Crippen molar-refractivity contribution in [2.75, 3.05) is 13.2 Å². The van der Waals surface area contributed by atoms with Crippen molar-refractivity contribution >= 4 is 11.6 Å². The van der Waals surface area contributed by atoms with Crippen LogP contribution in [0.3, 0.4) is 0 Å². The van der Waals surface area contributed by atoms with Gasteiger partial charge in [0.25, 0.3) is 0 Å². The Kier molecular flexibility index (Phi) is 4.30. The van der Waals surface area contributed by atoms with Gasteiger partial charge in [0.1, 0.15) is 0 Å². The van der Waals surface area contributed by atoms with Crippen molar-refractivity contribution in [3.8, 4) is 0 Å². The summed E-state index contributed by atoms with van der Waals surface area (Å²) in [6.45, 7) is 5.79. The molecule has 1 saturated carbocycles. The molecule has 0 saturated heterocycles. The van der Waals surface area contributed by atoms with E-state index in [9.17, 15) is 5.11 Å². The number of rotatable bonds is 7. The van der Waals surface area contributed by atoms with Crippen LogP contribution in [-0.2, 0) is 6.54 Å². The largest absolute Gasteiger partial charge is 0.394 e. The maximum Gasteiger partial charge on any atom is 0.0814 e. The second-order valence-corrected chi connectivity index (χ2v) is 5.68. The van der Waals surface area contributed by atoms with E-state index in [0.717, 1.165) is 18.7 Å². The second kappa shape index (κ2) is 5.59. The van der Waals surface area contributed by atoms with E-state index in [2.05, 4.69) is 17.3 Å². The molecule has 1 atom stereocenters. The molecule has 2 N–H and O–H groups in total. The van der Waals surface area contributed by atoms with Gasteiger partial charge < -0.3 is 10.4 Å². The van der Waals surface area contributed by atoms with Crippen molar-refractivity contribution in [3.05, 3.63) is 16.9 Å². The summed E-state index contributed by atoms with van der Waals surface area (Å²) in [7, 11) is 0. The fraction of sp³-hybridized carbons (Fsp3) is 0.769. The molecule has 1 aliphatic rings. The molecule has 1 heterocycles. The van der Waals surface area contributed by atoms with Gasteiger partial charge in [-0.3, -0.25) is 4.68 Å². The summed E-state index contributed by atoms with van der Waals surface area (Å²) >= 11 is 6.03. The minimum absolute atomic E-state index is 0.147. The van der Waals surface area contributed by atoms with E-state index >= 15 is 0 Å². The lowest BCUT2D eigenvalue weighted by Crippen LogP contribution is -2.54. The van der Waals surface area contributed by atoms with Crippen molar-refractivity contribution in [1.82, 2.24) is 15.1 Å². The van der Waals surface area contributed by atoms with Gasteiger partial charge in [-0.05, 0) is 38.6 Å². The Morgan fingerprint density at radius 2 is 2.33 bits per heavy atom. The molecule has 2 rings (SSSR count). The van der Waals surface area contributed by atoms with E-state index in [1.165, 1.54) is 12.8 Å². The lowest BCUT2D eigenvalue weighted by molar-refractivity contribution is 0.118. The third-order valence-electron chi connectivity index (χ3n) is 3.70. The van der Waals surface area contributed by atoms with Crippen molar-refractivity contribution in [2.45, 2.75) is 45.2 Å². The van der Waals surface area contributed by atoms with Crippen LogP contribution in [0.15, 0.2) is 6.20 Å². The molecule has 4 nitrogen and oxygen atoms in total. The monoisotopic (exact) mass is 271 g/mol. The molecule has 0 aliphatic heterocycles. The van der Waals surface area contributed by atoms with E-state index in [0.29, 0.717) is 17.5 Å². The molecule has 1 fully saturated rings. The average molecular weight is 272 g/mol. The van der Waals surface area contributed by atoms with Gasteiger partial charge in [-0.1, -0.05) is 18.5 Å². The van der Waals surface area contributed by atoms with Gasteiger partial charge in [0.15, 0.2) is 0 Å². The number of aliphatic hydroxyl groups is 1. The number of hydrogen-bond acceptors (Lipinski definition) is 3. The van der Waals surface area contributed by atoms with Crippen LogP contribution in [0.25, 0.3) is 0 Å². The minimum Gasteiger partial charge on any atom is -0.394 e. The third kappa shape index (κ3) is 2.87. The quantitative estimate of drug-likeness (QED) is 0.797. The first-order valence-electron chi connectivity index (χ1n) is 6.66. The molecular weight excluding hydrogens is 250 g/mol. The lowest BCUT2D eigenvalue weighted by Gasteiger charge is -2.33. The molecule has 1 aromatic rings. The van der Waals surface area contributed by atoms with Crippen molar-refractivity contribution < 1.29 is 5.11 Å². The highest BCUT2D eigenvalue weighted by Crippen LogP contribution is 2.40. The predicted octanol–water partition coefficient (Wildman–Crippen LogP) is 1.99. The molecule has 102 valence electrons. The second-order valence-electron chi connectivity index (χ2n) is 5.28. The van der Waals surface area contributed by atoms with Crippen molar-refractivity contribution in [3.63, 3.8) is 0 Å². The molecule has 0 aromatic carbocycles. The highest BCUT2D eigenvalue weighted by molar-refractivity contribution is 6.31. The zero-order valence-corrected chi connectivity index (χ0v) is 11.9. The Balaban J connectivity index is 2.13. The maximum atomic E-state index is 9.81. The fourth-order valence-electron chi connectivity index (χ4n) is 2.44. The summed E-state index contributed by atoms with van der Waals surface area (Å²) in [6.07, 6.45) is 5.28. The molecule has 0 spiro atoms. The van der Waals surface area contributed by atoms with E-state index in [-0.39, 0.29) is 12.1 Å². The summed E-state index contributed by atoms with van der Waals surface area (Å²) in [5, 5.41) is 18.4. The summed E-state index contributed by atoms with van der Waals surface area (Å²) in [5.74, 6) is 0.553. The maximum absolute atomic E-state index is 9.81. The van der Waals surface area contributed by atoms with Gasteiger partial charge in [0.2, 0.25) is 0 Å². The Hall–Kier alpha value is -0.580. The number of halogens is 1. The van der Waals surface area contributed by atoms with Crippen LogP contribution < -0.4 is 5.32 Å². The normalized spacial score (nSPS) is 18.9. The first kappa shape index (κ1) is 13.8. The van der Waals surface area contributed by atoms with Crippen LogP contribution in [0.2, 0.25) is 5.02 Å². The van der Waals surface area contributed by atoms with Crippen molar-refractivity contribution in [1.29, 1.82) is 0 Å². The van der Waals surface area contributed by atoms with Crippen LogP contribution in [0.5, 0.6) is 0 Å². The van der Waals surface area contributed by atoms with Crippen LogP contribution in [0.1, 0.15) is 31.9 Å². The molecule has 18 heavy (non-hydrogen) atoms. The van der Waals surface area contributed by atoms with E-state index in [4.69, 9.17) is 11.6 Å². The Bertz CT molecular complexity index is 383. The molecule has 0 radical (unpaired) electrons. The van der Waals surface area contributed by atoms with Gasteiger partial charge in [-0.25, -0.2) is 0 Å². The molecule has 5 heteroatoms. The number of aliphatic hydroxyl groups excluding tert-OH is 1. The van der Waals surface area contributed by atoms with E-state index < -0.39 is 0 Å². The van der Waals surface area contributed by atoms with Gasteiger partial charge in [0, 0.05) is 6.20 Å². The number of nitrogens with one attached hydrogen (secondary N) is 1. The van der Waals surface area contributed by atoms with Gasteiger partial charge in [-0.15, -0.1) is 0 Å². The Morgan fingerprint density at radius 3 is 2.78 bits per heavy atom. The third-order valence-corrected chi connectivity index (χ3v) is 4.07. The summed E-state index contributed by atoms with van der Waals surface area (Å²) < 4.78 is 1.86. The van der Waals surface area contributed by atoms with Crippen LogP contribution in [0, 0.1) is 12.8 Å². The molecule has 1 aromatic heterocycles. The number of aryl methyl sites for hydroxylation is 1. The van der Waals surface area contributed by atoms with Gasteiger partial charge in [0.05, 0.1) is 29.4 Å².